The van der Waals surface area contributed by atoms with Gasteiger partial charge in [0.15, 0.2) is 0 Å². The van der Waals surface area contributed by atoms with E-state index in [1.54, 1.807) is 6.07 Å². The van der Waals surface area contributed by atoms with Crippen LogP contribution in [-0.2, 0) is 6.54 Å². The average Bonchev–Trinajstić information content (AvgIpc) is 2.64. The highest BCUT2D eigenvalue weighted by Gasteiger charge is 2.30. The monoisotopic (exact) mass is 275 g/mol. The van der Waals surface area contributed by atoms with Crippen LogP contribution in [0.4, 0.5) is 4.39 Å². The van der Waals surface area contributed by atoms with Crippen LogP contribution in [-0.4, -0.2) is 23.4 Å². The van der Waals surface area contributed by atoms with Crippen molar-refractivity contribution < 1.29 is 4.39 Å². The number of hydrogen-bond donors (Lipinski definition) is 0. The lowest BCUT2D eigenvalue weighted by molar-refractivity contribution is 0.242. The maximum atomic E-state index is 13.2. The summed E-state index contributed by atoms with van der Waals surface area (Å²) in [5.41, 5.74) is 0.843. The van der Waals surface area contributed by atoms with Gasteiger partial charge in [-0.2, -0.15) is 0 Å². The molecule has 0 N–H and O–H groups in total. The Kier molecular flexibility index (Phi) is 4.29. The van der Waals surface area contributed by atoms with Crippen LogP contribution < -0.4 is 0 Å². The third-order valence-electron chi connectivity index (χ3n) is 3.54. The molecule has 0 aliphatic carbocycles. The number of benzene rings is 1. The predicted octanol–water partition coefficient (Wildman–Crippen LogP) is 3.93. The summed E-state index contributed by atoms with van der Waals surface area (Å²) in [5, 5.41) is 0.624. The van der Waals surface area contributed by atoms with Crippen molar-refractivity contribution in [1.29, 1.82) is 0 Å². The van der Waals surface area contributed by atoms with E-state index in [4.69, 9.17) is 23.2 Å². The fourth-order valence-corrected chi connectivity index (χ4v) is 3.09. The average molecular weight is 276 g/mol. The van der Waals surface area contributed by atoms with Crippen molar-refractivity contribution in [2.45, 2.75) is 25.9 Å². The first-order valence-corrected chi connectivity index (χ1v) is 6.77. The molecule has 1 heterocycles. The highest BCUT2D eigenvalue weighted by atomic mass is 35.5. The van der Waals surface area contributed by atoms with E-state index >= 15 is 0 Å². The van der Waals surface area contributed by atoms with Crippen molar-refractivity contribution >= 4 is 23.2 Å². The number of rotatable bonds is 3. The molecule has 2 unspecified atom stereocenters. The number of alkyl halides is 1. The van der Waals surface area contributed by atoms with E-state index in [1.165, 1.54) is 12.1 Å². The fourth-order valence-electron chi connectivity index (χ4n) is 2.42. The second-order valence-corrected chi connectivity index (χ2v) is 5.41. The topological polar surface area (TPSA) is 3.24 Å². The second-order valence-electron chi connectivity index (χ2n) is 4.69. The van der Waals surface area contributed by atoms with Gasteiger partial charge in [-0.1, -0.05) is 18.5 Å². The molecule has 1 aromatic rings. The van der Waals surface area contributed by atoms with E-state index in [0.29, 0.717) is 29.4 Å². The summed E-state index contributed by atoms with van der Waals surface area (Å²) < 4.78 is 13.2. The summed E-state index contributed by atoms with van der Waals surface area (Å²) in [6.45, 7) is 3.89. The van der Waals surface area contributed by atoms with Crippen molar-refractivity contribution in [3.63, 3.8) is 0 Å². The summed E-state index contributed by atoms with van der Waals surface area (Å²) in [4.78, 5) is 2.29. The van der Waals surface area contributed by atoms with Crippen molar-refractivity contribution in [3.05, 3.63) is 34.6 Å². The zero-order valence-corrected chi connectivity index (χ0v) is 11.3. The van der Waals surface area contributed by atoms with Gasteiger partial charge in [-0.3, -0.25) is 4.90 Å². The summed E-state index contributed by atoms with van der Waals surface area (Å²) in [6.07, 6.45) is 1.14. The fraction of sp³-hybridized carbons (Fsp3) is 0.538. The van der Waals surface area contributed by atoms with E-state index in [2.05, 4.69) is 11.8 Å². The van der Waals surface area contributed by atoms with Gasteiger partial charge in [0.1, 0.15) is 5.82 Å². The van der Waals surface area contributed by atoms with Crippen LogP contribution in [0.25, 0.3) is 0 Å². The number of halogens is 3. The molecule has 1 aliphatic heterocycles. The zero-order chi connectivity index (χ0) is 12.4. The van der Waals surface area contributed by atoms with Gasteiger partial charge in [-0.05, 0) is 42.6 Å². The van der Waals surface area contributed by atoms with Gasteiger partial charge in [0.05, 0.1) is 0 Å². The van der Waals surface area contributed by atoms with E-state index in [-0.39, 0.29) is 5.82 Å². The van der Waals surface area contributed by atoms with Gasteiger partial charge in [-0.25, -0.2) is 4.39 Å². The SMILES string of the molecule is CC1CCN(Cc2cc(F)ccc2Cl)C1CCl. The van der Waals surface area contributed by atoms with Crippen LogP contribution in [0, 0.1) is 11.7 Å². The van der Waals surface area contributed by atoms with Crippen molar-refractivity contribution in [2.24, 2.45) is 5.92 Å². The number of likely N-dealkylation sites (tertiary alicyclic amines) is 1. The van der Waals surface area contributed by atoms with Gasteiger partial charge in [0.25, 0.3) is 0 Å². The van der Waals surface area contributed by atoms with Gasteiger partial charge in [0.2, 0.25) is 0 Å². The summed E-state index contributed by atoms with van der Waals surface area (Å²) in [6, 6.07) is 4.88. The van der Waals surface area contributed by atoms with Crippen LogP contribution in [0.3, 0.4) is 0 Å². The Morgan fingerprint density at radius 1 is 1.47 bits per heavy atom. The van der Waals surface area contributed by atoms with Crippen LogP contribution in [0.2, 0.25) is 5.02 Å². The van der Waals surface area contributed by atoms with Crippen molar-refractivity contribution in [2.75, 3.05) is 12.4 Å². The van der Waals surface area contributed by atoms with Gasteiger partial charge in [0, 0.05) is 23.5 Å². The molecule has 2 atom stereocenters. The molecule has 1 fully saturated rings. The highest BCUT2D eigenvalue weighted by molar-refractivity contribution is 6.31. The lowest BCUT2D eigenvalue weighted by Gasteiger charge is -2.25. The lowest BCUT2D eigenvalue weighted by Crippen LogP contribution is -2.33. The minimum absolute atomic E-state index is 0.237. The smallest absolute Gasteiger partial charge is 0.123 e. The molecule has 1 saturated heterocycles. The van der Waals surface area contributed by atoms with Gasteiger partial charge < -0.3 is 0 Å². The lowest BCUT2D eigenvalue weighted by atomic mass is 10.0. The molecule has 1 aromatic carbocycles. The summed E-state index contributed by atoms with van der Waals surface area (Å²) in [5.74, 6) is 0.979. The van der Waals surface area contributed by atoms with Gasteiger partial charge in [-0.15, -0.1) is 11.6 Å². The quantitative estimate of drug-likeness (QED) is 0.756. The standard InChI is InChI=1S/C13H16Cl2FN/c1-9-4-5-17(13(9)7-14)8-10-6-11(16)2-3-12(10)15/h2-3,6,9,13H,4-5,7-8H2,1H3. The summed E-state index contributed by atoms with van der Waals surface area (Å²) in [7, 11) is 0. The molecule has 0 amide bonds. The molecule has 1 aliphatic rings. The molecule has 0 aromatic heterocycles. The van der Waals surface area contributed by atoms with E-state index < -0.39 is 0 Å². The van der Waals surface area contributed by atoms with Crippen LogP contribution in [0.5, 0.6) is 0 Å². The Morgan fingerprint density at radius 3 is 2.94 bits per heavy atom. The minimum atomic E-state index is -0.237. The molecule has 2 rings (SSSR count). The molecule has 0 spiro atoms. The van der Waals surface area contributed by atoms with Gasteiger partial charge >= 0.3 is 0 Å². The van der Waals surface area contributed by atoms with Crippen molar-refractivity contribution in [3.8, 4) is 0 Å². The molecule has 17 heavy (non-hydrogen) atoms. The summed E-state index contributed by atoms with van der Waals surface area (Å²) >= 11 is 12.1. The Balaban J connectivity index is 2.12. The van der Waals surface area contributed by atoms with E-state index in [9.17, 15) is 4.39 Å². The molecule has 0 bridgehead atoms. The first-order valence-electron chi connectivity index (χ1n) is 5.85. The molecule has 94 valence electrons. The number of hydrogen-bond acceptors (Lipinski definition) is 1. The van der Waals surface area contributed by atoms with E-state index in [0.717, 1.165) is 18.5 Å². The first-order chi connectivity index (χ1) is 8.11. The Hall–Kier alpha value is -0.310. The minimum Gasteiger partial charge on any atom is -0.295 e. The maximum Gasteiger partial charge on any atom is 0.123 e. The maximum absolute atomic E-state index is 13.2. The Labute approximate surface area is 112 Å². The van der Waals surface area contributed by atoms with Crippen LogP contribution >= 0.6 is 23.2 Å². The Morgan fingerprint density at radius 2 is 2.24 bits per heavy atom. The zero-order valence-electron chi connectivity index (χ0n) is 9.80. The third-order valence-corrected chi connectivity index (χ3v) is 4.22. The molecule has 1 nitrogen and oxygen atoms in total. The normalized spacial score (nSPS) is 25.4. The van der Waals surface area contributed by atoms with Crippen LogP contribution in [0.1, 0.15) is 18.9 Å². The largest absolute Gasteiger partial charge is 0.295 e. The van der Waals surface area contributed by atoms with Crippen LogP contribution in [0.15, 0.2) is 18.2 Å². The number of nitrogens with zero attached hydrogens (tertiary/aromatic N) is 1. The third kappa shape index (κ3) is 2.93. The van der Waals surface area contributed by atoms with E-state index in [1.807, 2.05) is 0 Å². The molecular formula is C13H16Cl2FN. The Bertz CT molecular complexity index is 397. The predicted molar refractivity (Wildman–Crippen MR) is 70.1 cm³/mol. The van der Waals surface area contributed by atoms with Crippen molar-refractivity contribution in [1.82, 2.24) is 4.90 Å². The molecule has 4 heteroatoms. The molecular weight excluding hydrogens is 260 g/mol. The molecule has 0 saturated carbocycles. The first kappa shape index (κ1) is 13.1. The molecule has 0 radical (unpaired) electrons. The second kappa shape index (κ2) is 5.55. The highest BCUT2D eigenvalue weighted by Crippen LogP contribution is 2.28.